The van der Waals surface area contributed by atoms with Crippen LogP contribution in [0.25, 0.3) is 0 Å². The molecule has 0 bridgehead atoms. The number of aromatic hydroxyl groups is 1. The maximum absolute atomic E-state index is 9.41. The molecule has 3 nitrogen and oxygen atoms in total. The van der Waals surface area contributed by atoms with Gasteiger partial charge in [-0.1, -0.05) is 31.4 Å². The van der Waals surface area contributed by atoms with Crippen LogP contribution in [0.1, 0.15) is 37.7 Å². The molecule has 21 heavy (non-hydrogen) atoms. The van der Waals surface area contributed by atoms with E-state index in [1.165, 1.54) is 50.8 Å². The summed E-state index contributed by atoms with van der Waals surface area (Å²) in [6.07, 6.45) is 8.24. The third-order valence-electron chi connectivity index (χ3n) is 5.10. The van der Waals surface area contributed by atoms with Crippen LogP contribution in [0.4, 0.5) is 0 Å². The maximum Gasteiger partial charge on any atom is 0.115 e. The van der Waals surface area contributed by atoms with Gasteiger partial charge in [-0.2, -0.15) is 0 Å². The standard InChI is InChI=1S/C18H28N2O/c21-18-8-6-15(7-9-18)12-17-13-19-10-11-20(17)14-16-4-2-1-3-5-16/h6-9,16-17,19,21H,1-5,10-14H2/t17-/m0/s1. The van der Waals surface area contributed by atoms with Gasteiger partial charge in [0.05, 0.1) is 0 Å². The van der Waals surface area contributed by atoms with Crippen LogP contribution < -0.4 is 5.32 Å². The fourth-order valence-electron chi connectivity index (χ4n) is 3.85. The van der Waals surface area contributed by atoms with Gasteiger partial charge >= 0.3 is 0 Å². The Bertz CT molecular complexity index is 425. The van der Waals surface area contributed by atoms with Crippen LogP contribution in [0.3, 0.4) is 0 Å². The van der Waals surface area contributed by atoms with E-state index in [1.54, 1.807) is 12.1 Å². The van der Waals surface area contributed by atoms with E-state index in [9.17, 15) is 5.11 Å². The van der Waals surface area contributed by atoms with Crippen LogP contribution in [0.5, 0.6) is 5.75 Å². The maximum atomic E-state index is 9.41. The van der Waals surface area contributed by atoms with Gasteiger partial charge in [-0.05, 0) is 42.9 Å². The number of benzene rings is 1. The first-order chi connectivity index (χ1) is 10.3. The molecule has 2 fully saturated rings. The first kappa shape index (κ1) is 14.9. The van der Waals surface area contributed by atoms with E-state index in [-0.39, 0.29) is 0 Å². The topological polar surface area (TPSA) is 35.5 Å². The first-order valence-corrected chi connectivity index (χ1v) is 8.54. The Hall–Kier alpha value is -1.06. The summed E-state index contributed by atoms with van der Waals surface area (Å²) in [6, 6.07) is 8.32. The van der Waals surface area contributed by atoms with E-state index in [2.05, 4.69) is 22.3 Å². The first-order valence-electron chi connectivity index (χ1n) is 8.54. The number of hydrogen-bond acceptors (Lipinski definition) is 3. The molecule has 1 aromatic rings. The van der Waals surface area contributed by atoms with E-state index in [1.807, 2.05) is 0 Å². The average molecular weight is 288 g/mol. The molecule has 0 radical (unpaired) electrons. The molecule has 1 saturated carbocycles. The lowest BCUT2D eigenvalue weighted by Crippen LogP contribution is -2.53. The lowest BCUT2D eigenvalue weighted by Gasteiger charge is -2.39. The minimum atomic E-state index is 0.361. The number of phenolic OH excluding ortho intramolecular Hbond substituents is 1. The zero-order valence-electron chi connectivity index (χ0n) is 12.9. The number of piperazine rings is 1. The van der Waals surface area contributed by atoms with Gasteiger partial charge in [-0.15, -0.1) is 0 Å². The quantitative estimate of drug-likeness (QED) is 0.894. The van der Waals surface area contributed by atoms with Crippen molar-refractivity contribution in [1.29, 1.82) is 0 Å². The SMILES string of the molecule is Oc1ccc(C[C@H]2CNCCN2CC2CCCCC2)cc1. The van der Waals surface area contributed by atoms with Crippen molar-refractivity contribution < 1.29 is 5.11 Å². The zero-order chi connectivity index (χ0) is 14.5. The van der Waals surface area contributed by atoms with Crippen molar-refractivity contribution in [3.05, 3.63) is 29.8 Å². The highest BCUT2D eigenvalue weighted by Crippen LogP contribution is 2.26. The molecule has 0 spiro atoms. The fourth-order valence-corrected chi connectivity index (χ4v) is 3.85. The molecule has 2 aliphatic rings. The zero-order valence-corrected chi connectivity index (χ0v) is 12.9. The summed E-state index contributed by atoms with van der Waals surface area (Å²) < 4.78 is 0. The highest BCUT2D eigenvalue weighted by atomic mass is 16.3. The molecule has 1 aromatic carbocycles. The summed E-state index contributed by atoms with van der Waals surface area (Å²) in [5.74, 6) is 1.28. The Morgan fingerprint density at radius 3 is 2.62 bits per heavy atom. The van der Waals surface area contributed by atoms with Gasteiger partial charge in [-0.25, -0.2) is 0 Å². The van der Waals surface area contributed by atoms with Gasteiger partial charge in [0.1, 0.15) is 5.75 Å². The Balaban J connectivity index is 1.59. The van der Waals surface area contributed by atoms with Gasteiger partial charge in [0.2, 0.25) is 0 Å². The largest absolute Gasteiger partial charge is 0.508 e. The van der Waals surface area contributed by atoms with Crippen molar-refractivity contribution in [2.24, 2.45) is 5.92 Å². The Labute approximate surface area is 128 Å². The highest BCUT2D eigenvalue weighted by molar-refractivity contribution is 5.26. The van der Waals surface area contributed by atoms with E-state index < -0.39 is 0 Å². The van der Waals surface area contributed by atoms with Crippen LogP contribution in [0.15, 0.2) is 24.3 Å². The molecule has 3 heteroatoms. The Morgan fingerprint density at radius 2 is 1.86 bits per heavy atom. The number of phenols is 1. The molecule has 0 unspecified atom stereocenters. The number of hydrogen-bond donors (Lipinski definition) is 2. The molecule has 3 rings (SSSR count). The van der Waals surface area contributed by atoms with Gasteiger partial charge in [0, 0.05) is 32.2 Å². The molecule has 1 heterocycles. The van der Waals surface area contributed by atoms with Crippen LogP contribution in [0.2, 0.25) is 0 Å². The average Bonchev–Trinajstić information content (AvgIpc) is 2.52. The third-order valence-corrected chi connectivity index (χ3v) is 5.10. The van der Waals surface area contributed by atoms with Gasteiger partial charge in [0.15, 0.2) is 0 Å². The molecule has 1 aliphatic carbocycles. The Kier molecular flexibility index (Phi) is 5.15. The monoisotopic (exact) mass is 288 g/mol. The molecule has 2 N–H and O–H groups in total. The van der Waals surface area contributed by atoms with Gasteiger partial charge in [-0.3, -0.25) is 4.90 Å². The second-order valence-corrected chi connectivity index (χ2v) is 6.73. The summed E-state index contributed by atoms with van der Waals surface area (Å²) in [5.41, 5.74) is 1.33. The Morgan fingerprint density at radius 1 is 1.10 bits per heavy atom. The number of rotatable bonds is 4. The summed E-state index contributed by atoms with van der Waals surface area (Å²) >= 11 is 0. The van der Waals surface area contributed by atoms with E-state index in [0.717, 1.165) is 25.4 Å². The molecule has 1 atom stereocenters. The molecule has 1 aliphatic heterocycles. The van der Waals surface area contributed by atoms with Crippen molar-refractivity contribution in [2.45, 2.75) is 44.6 Å². The number of nitrogens with one attached hydrogen (secondary N) is 1. The van der Waals surface area contributed by atoms with Crippen molar-refractivity contribution in [3.8, 4) is 5.75 Å². The summed E-state index contributed by atoms with van der Waals surface area (Å²) in [7, 11) is 0. The van der Waals surface area contributed by atoms with Crippen molar-refractivity contribution in [2.75, 3.05) is 26.2 Å². The van der Waals surface area contributed by atoms with Crippen molar-refractivity contribution >= 4 is 0 Å². The predicted octanol–water partition coefficient (Wildman–Crippen LogP) is 2.79. The van der Waals surface area contributed by atoms with Crippen molar-refractivity contribution in [3.63, 3.8) is 0 Å². The molecule has 0 aromatic heterocycles. The van der Waals surface area contributed by atoms with E-state index in [0.29, 0.717) is 11.8 Å². The summed E-state index contributed by atoms with van der Waals surface area (Å²) in [5, 5.41) is 13.0. The summed E-state index contributed by atoms with van der Waals surface area (Å²) in [6.45, 7) is 4.68. The van der Waals surface area contributed by atoms with Crippen LogP contribution in [-0.2, 0) is 6.42 Å². The molecular weight excluding hydrogens is 260 g/mol. The molecule has 1 saturated heterocycles. The fraction of sp³-hybridized carbons (Fsp3) is 0.667. The molecule has 116 valence electrons. The van der Waals surface area contributed by atoms with Gasteiger partial charge in [0.25, 0.3) is 0 Å². The van der Waals surface area contributed by atoms with Crippen molar-refractivity contribution in [1.82, 2.24) is 10.2 Å². The third kappa shape index (κ3) is 4.21. The predicted molar refractivity (Wildman–Crippen MR) is 86.6 cm³/mol. The minimum Gasteiger partial charge on any atom is -0.508 e. The lowest BCUT2D eigenvalue weighted by molar-refractivity contribution is 0.123. The second kappa shape index (κ2) is 7.28. The smallest absolute Gasteiger partial charge is 0.115 e. The minimum absolute atomic E-state index is 0.361. The van der Waals surface area contributed by atoms with E-state index >= 15 is 0 Å². The normalized spacial score (nSPS) is 25.0. The molecular formula is C18H28N2O. The second-order valence-electron chi connectivity index (χ2n) is 6.73. The molecule has 0 amide bonds. The van der Waals surface area contributed by atoms with Crippen LogP contribution in [-0.4, -0.2) is 42.2 Å². The van der Waals surface area contributed by atoms with E-state index in [4.69, 9.17) is 0 Å². The highest BCUT2D eigenvalue weighted by Gasteiger charge is 2.25. The lowest BCUT2D eigenvalue weighted by atomic mass is 9.88. The summed E-state index contributed by atoms with van der Waals surface area (Å²) in [4.78, 5) is 2.71. The van der Waals surface area contributed by atoms with Gasteiger partial charge < -0.3 is 10.4 Å². The van der Waals surface area contributed by atoms with Crippen LogP contribution in [0, 0.1) is 5.92 Å². The number of nitrogens with zero attached hydrogens (tertiary/aromatic N) is 1. The van der Waals surface area contributed by atoms with Crippen LogP contribution >= 0.6 is 0 Å².